The van der Waals surface area contributed by atoms with E-state index < -0.39 is 20.3 Å². The second-order valence-corrected chi connectivity index (χ2v) is 15.2. The maximum Gasteiger partial charge on any atom is 0.252 e. The Morgan fingerprint density at radius 3 is 2.58 bits per heavy atom. The van der Waals surface area contributed by atoms with Crippen molar-refractivity contribution >= 4 is 19.9 Å². The maximum absolute atomic E-state index is 12.0. The molecule has 0 aliphatic carbocycles. The molecule has 0 spiro atoms. The molecular weight excluding hydrogens is 528 g/mol. The SMILES string of the molecule is CO[C@H]1c2cc(NC(=O)[C@H](C)O)ccc2O[C@@H](C(CCn2cc(C(CO)c3ccccc3)nn2)[Si](C)(C)O)[C@@H]1C. The predicted octanol–water partition coefficient (Wildman–Crippen LogP) is 3.46. The third kappa shape index (κ3) is 6.61. The topological polar surface area (TPSA) is 139 Å². The number of nitrogens with zero attached hydrogens (tertiary/aromatic N) is 3. The van der Waals surface area contributed by atoms with Crippen molar-refractivity contribution in [2.75, 3.05) is 19.0 Å². The lowest BCUT2D eigenvalue weighted by Crippen LogP contribution is -2.48. The second kappa shape index (κ2) is 12.6. The lowest BCUT2D eigenvalue weighted by Gasteiger charge is -2.43. The van der Waals surface area contributed by atoms with Crippen LogP contribution in [0.2, 0.25) is 18.6 Å². The van der Waals surface area contributed by atoms with Gasteiger partial charge in [-0.2, -0.15) is 0 Å². The fraction of sp³-hybridized carbons (Fsp3) is 0.483. The van der Waals surface area contributed by atoms with E-state index in [0.29, 0.717) is 30.1 Å². The van der Waals surface area contributed by atoms with Crippen molar-refractivity contribution in [3.05, 3.63) is 71.5 Å². The molecular formula is C29H40N4O6Si. The van der Waals surface area contributed by atoms with Crippen LogP contribution in [0.25, 0.3) is 0 Å². The van der Waals surface area contributed by atoms with Crippen molar-refractivity contribution in [2.24, 2.45) is 5.92 Å². The summed E-state index contributed by atoms with van der Waals surface area (Å²) in [6.07, 6.45) is 0.736. The number of anilines is 1. The Kier molecular flexibility index (Phi) is 9.42. The van der Waals surface area contributed by atoms with Gasteiger partial charge in [-0.15, -0.1) is 5.10 Å². The number of nitrogens with one attached hydrogen (secondary N) is 1. The Hall–Kier alpha value is -3.09. The first-order chi connectivity index (χ1) is 19.0. The number of fused-ring (bicyclic) bond motifs is 1. The van der Waals surface area contributed by atoms with Crippen molar-refractivity contribution in [3.63, 3.8) is 0 Å². The molecule has 6 atom stereocenters. The van der Waals surface area contributed by atoms with Crippen LogP contribution in [-0.2, 0) is 16.1 Å². The Balaban J connectivity index is 1.53. The van der Waals surface area contributed by atoms with Crippen LogP contribution in [-0.4, -0.2) is 70.2 Å². The zero-order valence-corrected chi connectivity index (χ0v) is 24.7. The summed E-state index contributed by atoms with van der Waals surface area (Å²) >= 11 is 0. The number of amides is 1. The number of carbonyl (C=O) groups is 1. The van der Waals surface area contributed by atoms with Gasteiger partial charge in [-0.3, -0.25) is 9.48 Å². The Labute approximate surface area is 236 Å². The number of aliphatic hydroxyl groups excluding tert-OH is 2. The van der Waals surface area contributed by atoms with Crippen molar-refractivity contribution in [1.29, 1.82) is 0 Å². The quantitative estimate of drug-likeness (QED) is 0.258. The molecule has 216 valence electrons. The van der Waals surface area contributed by atoms with Crippen LogP contribution in [0.3, 0.4) is 0 Å². The van der Waals surface area contributed by atoms with Gasteiger partial charge < -0.3 is 29.8 Å². The van der Waals surface area contributed by atoms with Gasteiger partial charge in [0, 0.05) is 42.6 Å². The first kappa shape index (κ1) is 29.9. The number of ether oxygens (including phenoxy) is 2. The molecule has 2 heterocycles. The molecule has 1 aliphatic rings. The van der Waals surface area contributed by atoms with Gasteiger partial charge in [-0.05, 0) is 50.2 Å². The highest BCUT2D eigenvalue weighted by molar-refractivity contribution is 6.71. The van der Waals surface area contributed by atoms with E-state index in [4.69, 9.17) is 9.47 Å². The molecule has 4 N–H and O–H groups in total. The standard InChI is InChI=1S/C29H40N4O6Si/c1-18-27(38-3)22-15-21(30-29(36)19(2)35)11-12-25(22)39-28(18)26(40(4,5)37)13-14-33-16-24(31-32-33)23(17-34)20-9-7-6-8-10-20/h6-12,15-16,18-19,23,26-28,34-35,37H,13-14,17H2,1-5H3,(H,30,36)/t18-,19+,23?,26?,27-,28-/m1/s1. The lowest BCUT2D eigenvalue weighted by molar-refractivity contribution is -0.123. The van der Waals surface area contributed by atoms with Crippen LogP contribution in [0, 0.1) is 5.92 Å². The van der Waals surface area contributed by atoms with E-state index in [-0.39, 0.29) is 36.2 Å². The molecule has 1 amide bonds. The molecule has 1 aliphatic heterocycles. The Morgan fingerprint density at radius 1 is 1.23 bits per heavy atom. The minimum Gasteiger partial charge on any atom is -0.490 e. The van der Waals surface area contributed by atoms with Crippen LogP contribution in [0.5, 0.6) is 5.75 Å². The second-order valence-electron chi connectivity index (χ2n) is 11.1. The highest BCUT2D eigenvalue weighted by Gasteiger charge is 2.46. The number of carbonyl (C=O) groups excluding carboxylic acids is 1. The molecule has 4 rings (SSSR count). The zero-order valence-electron chi connectivity index (χ0n) is 23.7. The van der Waals surface area contributed by atoms with Crippen molar-refractivity contribution < 1.29 is 29.3 Å². The van der Waals surface area contributed by atoms with E-state index in [9.17, 15) is 19.8 Å². The van der Waals surface area contributed by atoms with E-state index in [1.54, 1.807) is 23.9 Å². The highest BCUT2D eigenvalue weighted by Crippen LogP contribution is 2.47. The van der Waals surface area contributed by atoms with E-state index in [2.05, 4.69) is 22.6 Å². The average molecular weight is 569 g/mol. The first-order valence-corrected chi connectivity index (χ1v) is 16.7. The average Bonchev–Trinajstić information content (AvgIpc) is 3.38. The molecule has 11 heteroatoms. The smallest absolute Gasteiger partial charge is 0.252 e. The minimum absolute atomic E-state index is 0.0718. The largest absolute Gasteiger partial charge is 0.490 e. The number of methoxy groups -OCH3 is 1. The fourth-order valence-corrected chi connectivity index (χ4v) is 7.54. The lowest BCUT2D eigenvalue weighted by atomic mass is 9.86. The zero-order chi connectivity index (χ0) is 29.0. The highest BCUT2D eigenvalue weighted by atomic mass is 28.4. The predicted molar refractivity (Wildman–Crippen MR) is 154 cm³/mol. The summed E-state index contributed by atoms with van der Waals surface area (Å²) in [7, 11) is -1.08. The van der Waals surface area contributed by atoms with Gasteiger partial charge in [0.25, 0.3) is 5.91 Å². The Morgan fingerprint density at radius 2 is 1.95 bits per heavy atom. The third-order valence-electron chi connectivity index (χ3n) is 7.75. The molecule has 2 unspecified atom stereocenters. The first-order valence-electron chi connectivity index (χ1n) is 13.6. The number of aliphatic hydroxyl groups is 2. The molecule has 0 radical (unpaired) electrons. The molecule has 1 aromatic heterocycles. The molecule has 0 saturated carbocycles. The van der Waals surface area contributed by atoms with Crippen LogP contribution < -0.4 is 10.1 Å². The normalized spacial score (nSPS) is 21.1. The molecule has 0 saturated heterocycles. The van der Waals surface area contributed by atoms with Crippen LogP contribution in [0.15, 0.2) is 54.7 Å². The molecule has 3 aromatic rings. The van der Waals surface area contributed by atoms with Crippen LogP contribution >= 0.6 is 0 Å². The van der Waals surface area contributed by atoms with Crippen molar-refractivity contribution in [3.8, 4) is 5.75 Å². The third-order valence-corrected chi connectivity index (χ3v) is 10.2. The van der Waals surface area contributed by atoms with Gasteiger partial charge in [0.05, 0.1) is 24.3 Å². The number of hydrogen-bond acceptors (Lipinski definition) is 8. The summed E-state index contributed by atoms with van der Waals surface area (Å²) in [6.45, 7) is 7.76. The van der Waals surface area contributed by atoms with E-state index >= 15 is 0 Å². The molecule has 40 heavy (non-hydrogen) atoms. The van der Waals surface area contributed by atoms with E-state index in [0.717, 1.165) is 11.1 Å². The summed E-state index contributed by atoms with van der Waals surface area (Å²) in [4.78, 5) is 23.4. The van der Waals surface area contributed by atoms with Crippen LogP contribution in [0.1, 0.15) is 49.1 Å². The number of aryl methyl sites for hydroxylation is 1. The maximum atomic E-state index is 12.0. The van der Waals surface area contributed by atoms with Crippen molar-refractivity contribution in [2.45, 2.75) is 69.7 Å². The summed E-state index contributed by atoms with van der Waals surface area (Å²) in [6, 6.07) is 15.1. The number of rotatable bonds is 11. The molecule has 0 bridgehead atoms. The number of hydrogen-bond donors (Lipinski definition) is 4. The monoisotopic (exact) mass is 568 g/mol. The number of benzene rings is 2. The fourth-order valence-electron chi connectivity index (χ4n) is 5.53. The summed E-state index contributed by atoms with van der Waals surface area (Å²) < 4.78 is 14.2. The summed E-state index contributed by atoms with van der Waals surface area (Å²) in [5.74, 6) is -0.197. The van der Waals surface area contributed by atoms with Crippen molar-refractivity contribution in [1.82, 2.24) is 15.0 Å². The van der Waals surface area contributed by atoms with Crippen LogP contribution in [0.4, 0.5) is 5.69 Å². The van der Waals surface area contributed by atoms with Gasteiger partial charge in [0.2, 0.25) is 0 Å². The van der Waals surface area contributed by atoms with E-state index in [1.807, 2.05) is 55.7 Å². The Bertz CT molecular complexity index is 1280. The van der Waals surface area contributed by atoms with Gasteiger partial charge in [0.15, 0.2) is 8.32 Å². The van der Waals surface area contributed by atoms with Gasteiger partial charge in [-0.25, -0.2) is 0 Å². The summed E-state index contributed by atoms with van der Waals surface area (Å²) in [5, 5.41) is 30.9. The summed E-state index contributed by atoms with van der Waals surface area (Å²) in [5.41, 5.74) is 2.88. The van der Waals surface area contributed by atoms with Gasteiger partial charge in [-0.1, -0.05) is 42.5 Å². The molecule has 10 nitrogen and oxygen atoms in total. The van der Waals surface area contributed by atoms with E-state index in [1.165, 1.54) is 6.92 Å². The van der Waals surface area contributed by atoms with Gasteiger partial charge >= 0.3 is 0 Å². The minimum atomic E-state index is -2.72. The number of aromatic nitrogens is 3. The van der Waals surface area contributed by atoms with Gasteiger partial charge in [0.1, 0.15) is 18.0 Å². The molecule has 0 fully saturated rings. The molecule has 2 aromatic carbocycles.